The number of carbonyl (C=O) groups is 1. The first-order chi connectivity index (χ1) is 14.2. The van der Waals surface area contributed by atoms with Gasteiger partial charge in [0.15, 0.2) is 11.4 Å². The van der Waals surface area contributed by atoms with Crippen molar-refractivity contribution in [1.29, 1.82) is 0 Å². The van der Waals surface area contributed by atoms with Gasteiger partial charge < -0.3 is 4.84 Å². The molecule has 2 unspecified atom stereocenters. The Hall–Kier alpha value is -1.21. The first-order valence-corrected chi connectivity index (χ1v) is 12.7. The van der Waals surface area contributed by atoms with E-state index in [1.807, 2.05) is 44.2 Å². The molecule has 8 heteroatoms. The maximum atomic E-state index is 12.6. The Balaban J connectivity index is 1.55. The third kappa shape index (κ3) is 4.12. The van der Waals surface area contributed by atoms with E-state index in [-0.39, 0.29) is 16.5 Å². The summed E-state index contributed by atoms with van der Waals surface area (Å²) in [5, 5.41) is 5.40. The molecule has 1 fully saturated rings. The van der Waals surface area contributed by atoms with E-state index in [2.05, 4.69) is 21.1 Å². The smallest absolute Gasteiger partial charge is 0.178 e. The van der Waals surface area contributed by atoms with Crippen molar-refractivity contribution in [2.24, 2.45) is 11.1 Å². The largest absolute Gasteiger partial charge is 0.383 e. The SMILES string of the molecule is Cc1cc(C2=NOC(C)(c3cc(Cl)cc(Cl)c3)C2Br)ccc1C(=O)CC1CS(=O)C1. The highest BCUT2D eigenvalue weighted by Crippen LogP contribution is 2.42. The quantitative estimate of drug-likeness (QED) is 0.371. The first kappa shape index (κ1) is 22.0. The number of halogens is 3. The van der Waals surface area contributed by atoms with E-state index < -0.39 is 16.4 Å². The number of carbonyl (C=O) groups excluding carboxylic acids is 1. The zero-order valence-corrected chi connectivity index (χ0v) is 20.4. The topological polar surface area (TPSA) is 55.7 Å². The number of aryl methyl sites for hydroxylation is 1. The summed E-state index contributed by atoms with van der Waals surface area (Å²) in [4.78, 5) is 18.3. The highest BCUT2D eigenvalue weighted by molar-refractivity contribution is 9.10. The van der Waals surface area contributed by atoms with Crippen LogP contribution in [-0.4, -0.2) is 32.0 Å². The van der Waals surface area contributed by atoms with E-state index in [0.29, 0.717) is 33.5 Å². The van der Waals surface area contributed by atoms with Crippen molar-refractivity contribution in [3.05, 3.63) is 68.7 Å². The maximum Gasteiger partial charge on any atom is 0.178 e. The average Bonchev–Trinajstić information content (AvgIpc) is 2.96. The number of oxime groups is 1. The van der Waals surface area contributed by atoms with Gasteiger partial charge in [0.05, 0.1) is 0 Å². The van der Waals surface area contributed by atoms with Crippen molar-refractivity contribution in [3.8, 4) is 0 Å². The van der Waals surface area contributed by atoms with Crippen LogP contribution in [0.15, 0.2) is 41.6 Å². The Labute approximate surface area is 196 Å². The standard InChI is InChI=1S/C22H20BrCl2NO3S/c1-12-5-14(3-4-18(12)19(27)6-13-10-30(28)11-13)20-21(23)22(2,29-26-20)15-7-16(24)9-17(25)8-15/h3-5,7-9,13,21H,6,10-11H2,1-2H3. The molecule has 4 nitrogen and oxygen atoms in total. The fourth-order valence-electron chi connectivity index (χ4n) is 3.84. The van der Waals surface area contributed by atoms with Gasteiger partial charge in [-0.1, -0.05) is 56.4 Å². The molecular weight excluding hydrogens is 509 g/mol. The van der Waals surface area contributed by atoms with Crippen LogP contribution in [0.5, 0.6) is 0 Å². The van der Waals surface area contributed by atoms with Gasteiger partial charge in [-0.05, 0) is 49.6 Å². The number of alkyl halides is 1. The van der Waals surface area contributed by atoms with Crippen LogP contribution in [0.3, 0.4) is 0 Å². The summed E-state index contributed by atoms with van der Waals surface area (Å²) in [6, 6.07) is 11.0. The molecule has 2 aliphatic rings. The van der Waals surface area contributed by atoms with Gasteiger partial charge in [0.25, 0.3) is 0 Å². The fraction of sp³-hybridized carbons (Fsp3) is 0.364. The van der Waals surface area contributed by atoms with Crippen LogP contribution in [0.4, 0.5) is 0 Å². The second-order valence-corrected chi connectivity index (χ2v) is 11.3. The second kappa shape index (κ2) is 8.38. The molecule has 0 N–H and O–H groups in total. The lowest BCUT2D eigenvalue weighted by atomic mass is 9.88. The third-order valence-electron chi connectivity index (χ3n) is 5.63. The third-order valence-corrected chi connectivity index (χ3v) is 9.06. The summed E-state index contributed by atoms with van der Waals surface area (Å²) < 4.78 is 11.3. The first-order valence-electron chi connectivity index (χ1n) is 9.53. The molecular formula is C22H20BrCl2NO3S. The van der Waals surface area contributed by atoms with Crippen LogP contribution in [0.25, 0.3) is 0 Å². The van der Waals surface area contributed by atoms with Crippen molar-refractivity contribution in [2.45, 2.75) is 30.7 Å². The van der Waals surface area contributed by atoms with Crippen molar-refractivity contribution in [3.63, 3.8) is 0 Å². The van der Waals surface area contributed by atoms with Gasteiger partial charge in [0.1, 0.15) is 10.5 Å². The number of benzene rings is 2. The minimum absolute atomic E-state index is 0.0964. The molecule has 30 heavy (non-hydrogen) atoms. The van der Waals surface area contributed by atoms with Crippen LogP contribution in [-0.2, 0) is 21.2 Å². The van der Waals surface area contributed by atoms with E-state index in [0.717, 1.165) is 22.4 Å². The number of hydrogen-bond acceptors (Lipinski definition) is 4. The minimum Gasteiger partial charge on any atom is -0.383 e. The van der Waals surface area contributed by atoms with Crippen LogP contribution < -0.4 is 0 Å². The van der Waals surface area contributed by atoms with Crippen molar-refractivity contribution < 1.29 is 13.8 Å². The number of Topliss-reactive ketones (excluding diaryl/α,β-unsaturated/α-hetero) is 1. The zero-order chi connectivity index (χ0) is 21.6. The summed E-state index contributed by atoms with van der Waals surface area (Å²) in [5.41, 5.74) is 3.26. The van der Waals surface area contributed by atoms with E-state index in [1.54, 1.807) is 6.07 Å². The Bertz CT molecular complexity index is 1060. The van der Waals surface area contributed by atoms with Crippen LogP contribution in [0.1, 0.15) is 40.4 Å². The van der Waals surface area contributed by atoms with Gasteiger partial charge in [0, 0.05) is 55.5 Å². The molecule has 2 aromatic carbocycles. The molecule has 4 rings (SSSR count). The van der Waals surface area contributed by atoms with Gasteiger partial charge in [-0.3, -0.25) is 9.00 Å². The van der Waals surface area contributed by atoms with Crippen LogP contribution >= 0.6 is 39.1 Å². The summed E-state index contributed by atoms with van der Waals surface area (Å²) >= 11 is 16.1. The fourth-order valence-corrected chi connectivity index (χ4v) is 6.25. The molecule has 0 radical (unpaired) electrons. The van der Waals surface area contributed by atoms with E-state index >= 15 is 0 Å². The van der Waals surface area contributed by atoms with Gasteiger partial charge in [-0.25, -0.2) is 0 Å². The summed E-state index contributed by atoms with van der Waals surface area (Å²) in [5.74, 6) is 1.60. The highest BCUT2D eigenvalue weighted by Gasteiger charge is 2.46. The van der Waals surface area contributed by atoms with Crippen molar-refractivity contribution in [1.82, 2.24) is 0 Å². The Kier molecular flexibility index (Phi) is 6.14. The molecule has 0 saturated carbocycles. The van der Waals surface area contributed by atoms with Gasteiger partial charge >= 0.3 is 0 Å². The molecule has 2 heterocycles. The lowest BCUT2D eigenvalue weighted by molar-refractivity contribution is -0.00304. The summed E-state index contributed by atoms with van der Waals surface area (Å²) in [7, 11) is -0.740. The Morgan fingerprint density at radius 3 is 2.50 bits per heavy atom. The summed E-state index contributed by atoms with van der Waals surface area (Å²) in [6.07, 6.45) is 0.449. The highest BCUT2D eigenvalue weighted by atomic mass is 79.9. The lowest BCUT2D eigenvalue weighted by Gasteiger charge is -2.27. The molecule has 2 aromatic rings. The Morgan fingerprint density at radius 1 is 1.23 bits per heavy atom. The molecule has 2 atom stereocenters. The predicted molar refractivity (Wildman–Crippen MR) is 126 cm³/mol. The molecule has 0 aromatic heterocycles. The predicted octanol–water partition coefficient (Wildman–Crippen LogP) is 5.67. The van der Waals surface area contributed by atoms with Crippen LogP contribution in [0, 0.1) is 12.8 Å². The van der Waals surface area contributed by atoms with Crippen molar-refractivity contribution >= 4 is 61.4 Å². The number of rotatable bonds is 5. The van der Waals surface area contributed by atoms with E-state index in [9.17, 15) is 9.00 Å². The van der Waals surface area contributed by atoms with Gasteiger partial charge in [0.2, 0.25) is 0 Å². The zero-order valence-electron chi connectivity index (χ0n) is 16.5. The number of ketones is 1. The molecule has 0 bridgehead atoms. The van der Waals surface area contributed by atoms with Gasteiger partial charge in [-0.2, -0.15) is 0 Å². The van der Waals surface area contributed by atoms with Crippen molar-refractivity contribution in [2.75, 3.05) is 11.5 Å². The Morgan fingerprint density at radius 2 is 1.90 bits per heavy atom. The maximum absolute atomic E-state index is 12.6. The monoisotopic (exact) mass is 527 g/mol. The average molecular weight is 529 g/mol. The molecule has 2 aliphatic heterocycles. The second-order valence-electron chi connectivity index (χ2n) is 7.99. The molecule has 0 spiro atoms. The number of hydrogen-bond donors (Lipinski definition) is 0. The number of nitrogens with zero attached hydrogens (tertiary/aromatic N) is 1. The minimum atomic E-state index is -0.772. The van der Waals surface area contributed by atoms with E-state index in [4.69, 9.17) is 28.0 Å². The summed E-state index contributed by atoms with van der Waals surface area (Å²) in [6.45, 7) is 3.85. The normalized spacial score (nSPS) is 27.9. The van der Waals surface area contributed by atoms with Gasteiger partial charge in [-0.15, -0.1) is 0 Å². The molecule has 158 valence electrons. The molecule has 0 amide bonds. The molecule has 0 aliphatic carbocycles. The molecule has 1 saturated heterocycles. The van der Waals surface area contributed by atoms with E-state index in [1.165, 1.54) is 0 Å². The lowest BCUT2D eigenvalue weighted by Crippen LogP contribution is -2.34. The van der Waals surface area contributed by atoms with Crippen LogP contribution in [0.2, 0.25) is 10.0 Å².